The number of aliphatic carboxylic acids is 1. The first kappa shape index (κ1) is 13.8. The van der Waals surface area contributed by atoms with Crippen molar-refractivity contribution < 1.29 is 19.1 Å². The molecule has 1 rings (SSSR count). The van der Waals surface area contributed by atoms with Gasteiger partial charge in [-0.15, -0.1) is 0 Å². The van der Waals surface area contributed by atoms with Crippen LogP contribution < -0.4 is 5.32 Å². The van der Waals surface area contributed by atoms with Crippen LogP contribution in [0, 0.1) is 0 Å². The van der Waals surface area contributed by atoms with Gasteiger partial charge < -0.3 is 14.8 Å². The summed E-state index contributed by atoms with van der Waals surface area (Å²) in [6.45, 7) is 0.538. The highest BCUT2D eigenvalue weighted by Gasteiger charge is 2.11. The lowest BCUT2D eigenvalue weighted by Gasteiger charge is -2.03. The third-order valence-electron chi connectivity index (χ3n) is 2.22. The molecule has 0 unspecified atom stereocenters. The van der Waals surface area contributed by atoms with Crippen molar-refractivity contribution in [3.63, 3.8) is 0 Å². The Balaban J connectivity index is 2.13. The number of carboxylic acid groups (broad SMARTS) is 1. The van der Waals surface area contributed by atoms with Crippen LogP contribution in [0.2, 0.25) is 0 Å². The number of amides is 1. The first-order valence-electron chi connectivity index (χ1n) is 5.34. The quantitative estimate of drug-likeness (QED) is 0.758. The molecule has 1 aromatic rings. The average molecular weight is 304 g/mol. The van der Waals surface area contributed by atoms with Crippen LogP contribution >= 0.6 is 15.9 Å². The van der Waals surface area contributed by atoms with Crippen LogP contribution in [0.1, 0.15) is 36.0 Å². The Morgan fingerprint density at radius 3 is 2.71 bits per heavy atom. The molecule has 1 aromatic heterocycles. The summed E-state index contributed by atoms with van der Waals surface area (Å²) in [5, 5.41) is 11.2. The lowest BCUT2D eigenvalue weighted by atomic mass is 10.2. The number of nitrogens with one attached hydrogen (secondary N) is 1. The number of rotatable bonds is 7. The Morgan fingerprint density at radius 1 is 1.35 bits per heavy atom. The van der Waals surface area contributed by atoms with Crippen molar-refractivity contribution >= 4 is 27.8 Å². The molecule has 0 spiro atoms. The summed E-state index contributed by atoms with van der Waals surface area (Å²) in [7, 11) is 0. The van der Waals surface area contributed by atoms with E-state index in [1.807, 2.05) is 0 Å². The van der Waals surface area contributed by atoms with Crippen molar-refractivity contribution in [3.05, 3.63) is 22.6 Å². The minimum absolute atomic E-state index is 0.182. The van der Waals surface area contributed by atoms with E-state index in [1.165, 1.54) is 6.26 Å². The molecule has 0 saturated carbocycles. The SMILES string of the molecule is O=C(O)CCCCCNC(=O)c1ccoc1Br. The number of furan rings is 1. The van der Waals surface area contributed by atoms with Gasteiger partial charge in [0, 0.05) is 13.0 Å². The summed E-state index contributed by atoms with van der Waals surface area (Å²) in [5.41, 5.74) is 0.468. The third-order valence-corrected chi connectivity index (χ3v) is 2.83. The minimum Gasteiger partial charge on any atom is -0.481 e. The highest BCUT2D eigenvalue weighted by atomic mass is 79.9. The Hall–Kier alpha value is -1.30. The highest BCUT2D eigenvalue weighted by Crippen LogP contribution is 2.16. The molecule has 6 heteroatoms. The Morgan fingerprint density at radius 2 is 2.12 bits per heavy atom. The number of carbonyl (C=O) groups excluding carboxylic acids is 1. The normalized spacial score (nSPS) is 10.2. The van der Waals surface area contributed by atoms with Gasteiger partial charge in [-0.1, -0.05) is 6.42 Å². The highest BCUT2D eigenvalue weighted by molar-refractivity contribution is 9.10. The van der Waals surface area contributed by atoms with Gasteiger partial charge in [-0.25, -0.2) is 0 Å². The number of carboxylic acids is 1. The maximum Gasteiger partial charge on any atom is 0.303 e. The summed E-state index contributed by atoms with van der Waals surface area (Å²) in [5.74, 6) is -0.972. The molecular formula is C11H14BrNO4. The molecule has 0 atom stereocenters. The van der Waals surface area contributed by atoms with Crippen molar-refractivity contribution in [1.29, 1.82) is 0 Å². The van der Waals surface area contributed by atoms with Gasteiger partial charge in [0.15, 0.2) is 4.67 Å². The second-order valence-electron chi connectivity index (χ2n) is 3.57. The maximum absolute atomic E-state index is 11.6. The van der Waals surface area contributed by atoms with Gasteiger partial charge in [-0.05, 0) is 34.8 Å². The lowest BCUT2D eigenvalue weighted by Crippen LogP contribution is -2.24. The summed E-state index contributed by atoms with van der Waals surface area (Å²) in [6.07, 6.45) is 3.82. The molecule has 0 aliphatic carbocycles. The fourth-order valence-corrected chi connectivity index (χ4v) is 1.75. The Bertz CT molecular complexity index is 389. The fraction of sp³-hybridized carbons (Fsp3) is 0.455. The van der Waals surface area contributed by atoms with Gasteiger partial charge in [0.2, 0.25) is 0 Å². The molecule has 17 heavy (non-hydrogen) atoms. The van der Waals surface area contributed by atoms with Crippen molar-refractivity contribution in [1.82, 2.24) is 5.32 Å². The molecule has 1 heterocycles. The minimum atomic E-state index is -0.781. The van der Waals surface area contributed by atoms with Crippen LogP contribution in [0.15, 0.2) is 21.4 Å². The number of carbonyl (C=O) groups is 2. The van der Waals surface area contributed by atoms with E-state index in [4.69, 9.17) is 9.52 Å². The first-order chi connectivity index (χ1) is 8.11. The molecule has 0 aliphatic rings. The van der Waals surface area contributed by atoms with E-state index < -0.39 is 5.97 Å². The van der Waals surface area contributed by atoms with E-state index >= 15 is 0 Å². The smallest absolute Gasteiger partial charge is 0.303 e. The second kappa shape index (κ2) is 7.11. The second-order valence-corrected chi connectivity index (χ2v) is 4.29. The first-order valence-corrected chi connectivity index (χ1v) is 6.13. The van der Waals surface area contributed by atoms with Gasteiger partial charge >= 0.3 is 5.97 Å². The predicted molar refractivity (Wildman–Crippen MR) is 64.8 cm³/mol. The van der Waals surface area contributed by atoms with Crippen LogP contribution in [0.4, 0.5) is 0 Å². The molecule has 0 aliphatic heterocycles. The predicted octanol–water partition coefficient (Wildman–Crippen LogP) is 2.42. The fourth-order valence-electron chi connectivity index (χ4n) is 1.33. The van der Waals surface area contributed by atoms with Gasteiger partial charge in [0.05, 0.1) is 11.8 Å². The molecule has 0 fully saturated rings. The van der Waals surface area contributed by atoms with E-state index in [0.29, 0.717) is 23.2 Å². The van der Waals surface area contributed by atoms with Crippen LogP contribution in [0.25, 0.3) is 0 Å². The monoisotopic (exact) mass is 303 g/mol. The van der Waals surface area contributed by atoms with E-state index in [-0.39, 0.29) is 12.3 Å². The Labute approximate surface area is 107 Å². The summed E-state index contributed by atoms with van der Waals surface area (Å²) >= 11 is 3.12. The average Bonchev–Trinajstić information content (AvgIpc) is 2.69. The van der Waals surface area contributed by atoms with E-state index in [1.54, 1.807) is 6.07 Å². The van der Waals surface area contributed by atoms with E-state index in [0.717, 1.165) is 12.8 Å². The zero-order valence-electron chi connectivity index (χ0n) is 9.24. The molecule has 0 radical (unpaired) electrons. The Kier molecular flexibility index (Phi) is 5.76. The largest absolute Gasteiger partial charge is 0.481 e. The maximum atomic E-state index is 11.6. The molecular weight excluding hydrogens is 290 g/mol. The molecule has 0 bridgehead atoms. The van der Waals surface area contributed by atoms with Crippen LogP contribution in [-0.2, 0) is 4.79 Å². The molecule has 94 valence electrons. The van der Waals surface area contributed by atoms with Crippen LogP contribution in [-0.4, -0.2) is 23.5 Å². The number of hydrogen-bond donors (Lipinski definition) is 2. The zero-order chi connectivity index (χ0) is 12.7. The number of unbranched alkanes of at least 4 members (excludes halogenated alkanes) is 2. The van der Waals surface area contributed by atoms with Gasteiger partial charge in [0.1, 0.15) is 0 Å². The number of hydrogen-bond acceptors (Lipinski definition) is 3. The molecule has 5 nitrogen and oxygen atoms in total. The zero-order valence-corrected chi connectivity index (χ0v) is 10.8. The third kappa shape index (κ3) is 5.04. The van der Waals surface area contributed by atoms with E-state index in [2.05, 4.69) is 21.2 Å². The van der Waals surface area contributed by atoms with Crippen molar-refractivity contribution in [2.45, 2.75) is 25.7 Å². The summed E-state index contributed by atoms with van der Waals surface area (Å²) in [4.78, 5) is 21.8. The van der Waals surface area contributed by atoms with Crippen LogP contribution in [0.3, 0.4) is 0 Å². The van der Waals surface area contributed by atoms with Gasteiger partial charge in [-0.2, -0.15) is 0 Å². The van der Waals surface area contributed by atoms with Crippen LogP contribution in [0.5, 0.6) is 0 Å². The number of halogens is 1. The van der Waals surface area contributed by atoms with Crippen molar-refractivity contribution in [3.8, 4) is 0 Å². The van der Waals surface area contributed by atoms with E-state index in [9.17, 15) is 9.59 Å². The van der Waals surface area contributed by atoms with Gasteiger partial charge in [0.25, 0.3) is 5.91 Å². The topological polar surface area (TPSA) is 79.5 Å². The lowest BCUT2D eigenvalue weighted by molar-refractivity contribution is -0.137. The summed E-state index contributed by atoms with van der Waals surface area (Å²) in [6, 6.07) is 1.59. The van der Waals surface area contributed by atoms with Crippen molar-refractivity contribution in [2.24, 2.45) is 0 Å². The summed E-state index contributed by atoms with van der Waals surface area (Å²) < 4.78 is 5.36. The van der Waals surface area contributed by atoms with Crippen molar-refractivity contribution in [2.75, 3.05) is 6.54 Å². The molecule has 1 amide bonds. The van der Waals surface area contributed by atoms with Gasteiger partial charge in [-0.3, -0.25) is 9.59 Å². The molecule has 0 aromatic carbocycles. The molecule has 2 N–H and O–H groups in total. The molecule has 0 saturated heterocycles. The standard InChI is InChI=1S/C11H14BrNO4/c12-10-8(5-7-17-10)11(16)13-6-3-1-2-4-9(14)15/h5,7H,1-4,6H2,(H,13,16)(H,14,15).